The Morgan fingerprint density at radius 1 is 1.23 bits per heavy atom. The topological polar surface area (TPSA) is 149 Å². The van der Waals surface area contributed by atoms with Gasteiger partial charge in [0.25, 0.3) is 5.69 Å². The molecule has 2 aliphatic heterocycles. The second kappa shape index (κ2) is 14.2. The Morgan fingerprint density at radius 2 is 1.91 bits per heavy atom. The predicted molar refractivity (Wildman–Crippen MR) is 160 cm³/mol. The van der Waals surface area contributed by atoms with Gasteiger partial charge in [-0.25, -0.2) is 0 Å². The lowest BCUT2D eigenvalue weighted by Gasteiger charge is -2.39. The number of hydrogen-bond acceptors (Lipinski definition) is 8. The number of benzene rings is 2. The highest BCUT2D eigenvalue weighted by Crippen LogP contribution is 2.42. The van der Waals surface area contributed by atoms with Crippen LogP contribution in [0, 0.1) is 27.4 Å². The molecule has 11 heteroatoms. The van der Waals surface area contributed by atoms with Crippen molar-refractivity contribution < 1.29 is 24.4 Å². The van der Waals surface area contributed by atoms with Crippen molar-refractivity contribution >= 4 is 23.8 Å². The van der Waals surface area contributed by atoms with Gasteiger partial charge in [-0.1, -0.05) is 49.4 Å². The molecule has 11 nitrogen and oxygen atoms in total. The fraction of sp³-hybridized carbons (Fsp3) is 0.438. The molecule has 1 amide bonds. The van der Waals surface area contributed by atoms with Crippen molar-refractivity contribution in [2.24, 2.45) is 10.9 Å². The number of nitro benzene ring substituents is 1. The molecule has 4 rings (SSSR count). The van der Waals surface area contributed by atoms with Crippen molar-refractivity contribution in [2.45, 2.75) is 43.9 Å². The first-order valence-corrected chi connectivity index (χ1v) is 14.5. The number of hydrogen-bond donors (Lipinski definition) is 1. The van der Waals surface area contributed by atoms with Crippen molar-refractivity contribution in [1.29, 1.82) is 5.26 Å². The lowest BCUT2D eigenvalue weighted by molar-refractivity contribution is -0.384. The highest BCUT2D eigenvalue weighted by Gasteiger charge is 2.42. The van der Waals surface area contributed by atoms with Crippen LogP contribution >= 0.6 is 0 Å². The van der Waals surface area contributed by atoms with E-state index in [1.165, 1.54) is 24.1 Å². The van der Waals surface area contributed by atoms with Crippen molar-refractivity contribution in [2.75, 3.05) is 39.9 Å². The first-order chi connectivity index (χ1) is 20.8. The van der Waals surface area contributed by atoms with Crippen LogP contribution in [0.4, 0.5) is 5.69 Å². The van der Waals surface area contributed by atoms with Crippen LogP contribution in [0.2, 0.25) is 0 Å². The van der Waals surface area contributed by atoms with Crippen LogP contribution in [-0.4, -0.2) is 77.8 Å². The van der Waals surface area contributed by atoms with Crippen LogP contribution in [0.3, 0.4) is 0 Å². The monoisotopic (exact) mass is 587 g/mol. The van der Waals surface area contributed by atoms with Crippen LogP contribution in [-0.2, 0) is 19.7 Å². The first kappa shape index (κ1) is 31.5. The van der Waals surface area contributed by atoms with E-state index in [1.54, 1.807) is 12.1 Å². The lowest BCUT2D eigenvalue weighted by Crippen LogP contribution is -2.43. The van der Waals surface area contributed by atoms with E-state index in [9.17, 15) is 30.1 Å². The SMILES string of the molecule is CCC1=NC(COC)=C(N(C=O)CCCN2CCC(C#N)(c3ccccc3)CC2)C(c2ccc([N+](=O)[O-])cc2)C1C(=O)O. The summed E-state index contributed by atoms with van der Waals surface area (Å²) in [5, 5.41) is 31.6. The lowest BCUT2D eigenvalue weighted by atomic mass is 9.74. The Bertz CT molecular complexity index is 1410. The van der Waals surface area contributed by atoms with Gasteiger partial charge in [0, 0.05) is 37.4 Å². The number of non-ortho nitro benzene ring substituents is 1. The minimum atomic E-state index is -1.09. The molecule has 43 heavy (non-hydrogen) atoms. The van der Waals surface area contributed by atoms with E-state index in [0.717, 1.165) is 18.7 Å². The van der Waals surface area contributed by atoms with Gasteiger partial charge in [-0.15, -0.1) is 0 Å². The summed E-state index contributed by atoms with van der Waals surface area (Å²) in [6, 6.07) is 18.2. The third-order valence-corrected chi connectivity index (χ3v) is 8.49. The molecule has 0 saturated carbocycles. The number of carbonyl (C=O) groups is 2. The second-order valence-corrected chi connectivity index (χ2v) is 10.9. The number of nitriles is 1. The van der Waals surface area contributed by atoms with Crippen molar-refractivity contribution in [3.8, 4) is 6.07 Å². The average Bonchev–Trinajstić information content (AvgIpc) is 3.03. The first-order valence-electron chi connectivity index (χ1n) is 14.5. The number of methoxy groups -OCH3 is 1. The summed E-state index contributed by atoms with van der Waals surface area (Å²) in [6.07, 6.45) is 3.11. The molecule has 2 unspecified atom stereocenters. The standard InChI is InChI=1S/C32H37N5O6/c1-3-26-29(31(39)40)28(23-10-12-25(13-11-23)37(41)42)30(27(34-26)20-43-2)36(22-38)17-7-16-35-18-14-32(21-33,15-19-35)24-8-5-4-6-9-24/h4-6,8-13,22,28-29H,3,7,14-20H2,1-2H3,(H,39,40). The molecule has 2 atom stereocenters. The number of amides is 1. The molecule has 1 fully saturated rings. The summed E-state index contributed by atoms with van der Waals surface area (Å²) in [5.41, 5.74) is 2.31. The molecule has 2 aromatic rings. The summed E-state index contributed by atoms with van der Waals surface area (Å²) >= 11 is 0. The fourth-order valence-electron chi connectivity index (χ4n) is 6.23. The van der Waals surface area contributed by atoms with Crippen molar-refractivity contribution in [3.63, 3.8) is 0 Å². The number of allylic oxidation sites excluding steroid dienone is 1. The molecule has 1 saturated heterocycles. The highest BCUT2D eigenvalue weighted by molar-refractivity contribution is 6.04. The van der Waals surface area contributed by atoms with Gasteiger partial charge < -0.3 is 19.6 Å². The van der Waals surface area contributed by atoms with Gasteiger partial charge in [0.15, 0.2) is 0 Å². The Balaban J connectivity index is 1.56. The number of carbonyl (C=O) groups excluding carboxylic acids is 1. The Labute approximate surface area is 251 Å². The number of nitro groups is 1. The number of aliphatic imine (C=N–C) groups is 1. The Hall–Kier alpha value is -4.40. The van der Waals surface area contributed by atoms with Gasteiger partial charge >= 0.3 is 5.97 Å². The van der Waals surface area contributed by atoms with Gasteiger partial charge in [-0.3, -0.25) is 24.7 Å². The molecule has 0 spiro atoms. The normalized spacial score (nSPS) is 20.2. The van der Waals surface area contributed by atoms with E-state index in [-0.39, 0.29) is 12.3 Å². The van der Waals surface area contributed by atoms with E-state index in [0.29, 0.717) is 67.9 Å². The maximum Gasteiger partial charge on any atom is 0.313 e. The molecule has 2 aliphatic rings. The summed E-state index contributed by atoms with van der Waals surface area (Å²) in [6.45, 7) is 4.40. The van der Waals surface area contributed by atoms with Gasteiger partial charge in [-0.05, 0) is 56.4 Å². The average molecular weight is 588 g/mol. The summed E-state index contributed by atoms with van der Waals surface area (Å²) in [7, 11) is 1.51. The van der Waals surface area contributed by atoms with E-state index in [2.05, 4.69) is 16.0 Å². The zero-order valence-corrected chi connectivity index (χ0v) is 24.5. The number of likely N-dealkylation sites (tertiary alicyclic amines) is 1. The summed E-state index contributed by atoms with van der Waals surface area (Å²) < 4.78 is 5.42. The van der Waals surface area contributed by atoms with E-state index in [4.69, 9.17) is 4.74 Å². The van der Waals surface area contributed by atoms with Crippen LogP contribution in [0.25, 0.3) is 0 Å². The number of piperidine rings is 1. The number of ether oxygens (including phenoxy) is 1. The molecule has 1 N–H and O–H groups in total. The minimum Gasteiger partial charge on any atom is -0.481 e. The van der Waals surface area contributed by atoms with Gasteiger partial charge in [0.1, 0.15) is 5.92 Å². The maximum atomic E-state index is 12.6. The molecule has 0 aliphatic carbocycles. The molecule has 0 radical (unpaired) electrons. The van der Waals surface area contributed by atoms with E-state index >= 15 is 0 Å². The molecule has 0 bridgehead atoms. The smallest absolute Gasteiger partial charge is 0.313 e. The summed E-state index contributed by atoms with van der Waals surface area (Å²) in [5.74, 6) is -2.93. The fourth-order valence-corrected chi connectivity index (χ4v) is 6.23. The van der Waals surface area contributed by atoms with Crippen molar-refractivity contribution in [3.05, 3.63) is 87.2 Å². The van der Waals surface area contributed by atoms with Crippen molar-refractivity contribution in [1.82, 2.24) is 9.80 Å². The molecule has 0 aromatic heterocycles. The van der Waals surface area contributed by atoms with Crippen LogP contribution in [0.15, 0.2) is 71.0 Å². The number of carboxylic acids is 1. The van der Waals surface area contributed by atoms with E-state index < -0.39 is 28.1 Å². The third-order valence-electron chi connectivity index (χ3n) is 8.49. The van der Waals surface area contributed by atoms with Crippen LogP contribution < -0.4 is 0 Å². The van der Waals surface area contributed by atoms with Crippen LogP contribution in [0.5, 0.6) is 0 Å². The van der Waals surface area contributed by atoms with Gasteiger partial charge in [-0.2, -0.15) is 5.26 Å². The Morgan fingerprint density at radius 3 is 2.44 bits per heavy atom. The molecule has 2 heterocycles. The quantitative estimate of drug-likeness (QED) is 0.204. The Kier molecular flexibility index (Phi) is 10.4. The highest BCUT2D eigenvalue weighted by atomic mass is 16.6. The second-order valence-electron chi connectivity index (χ2n) is 10.9. The zero-order valence-electron chi connectivity index (χ0n) is 24.5. The van der Waals surface area contributed by atoms with E-state index in [1.807, 2.05) is 37.3 Å². The number of nitrogens with zero attached hydrogens (tertiary/aromatic N) is 5. The predicted octanol–water partition coefficient (Wildman–Crippen LogP) is 4.51. The van der Waals surface area contributed by atoms with Crippen LogP contribution in [0.1, 0.15) is 49.7 Å². The minimum absolute atomic E-state index is 0.0703. The molecular weight excluding hydrogens is 550 g/mol. The zero-order chi connectivity index (χ0) is 31.0. The molecule has 226 valence electrons. The van der Waals surface area contributed by atoms with Gasteiger partial charge in [0.2, 0.25) is 6.41 Å². The summed E-state index contributed by atoms with van der Waals surface area (Å²) in [4.78, 5) is 44.4. The molecule has 2 aromatic carbocycles. The number of carboxylic acid groups (broad SMARTS) is 1. The number of rotatable bonds is 13. The number of aliphatic carboxylic acids is 1. The largest absolute Gasteiger partial charge is 0.481 e. The van der Waals surface area contributed by atoms with Gasteiger partial charge in [0.05, 0.1) is 34.4 Å². The maximum absolute atomic E-state index is 12.6. The third kappa shape index (κ3) is 6.82. The molecular formula is C32H37N5O6.